The molecule has 1 rings (SSSR count). The Morgan fingerprint density at radius 3 is 2.41 bits per heavy atom. The fourth-order valence-electron chi connectivity index (χ4n) is 1.50. The zero-order valence-corrected chi connectivity index (χ0v) is 11.8. The number of nitrogens with one attached hydrogen (secondary N) is 1. The molecule has 0 spiro atoms. The van der Waals surface area contributed by atoms with Crippen molar-refractivity contribution in [1.82, 2.24) is 10.3 Å². The number of rotatable bonds is 6. The van der Waals surface area contributed by atoms with Crippen LogP contribution >= 0.6 is 0 Å². The summed E-state index contributed by atoms with van der Waals surface area (Å²) in [5.41, 5.74) is -0.0652. The number of pyridine rings is 1. The molecule has 9 heteroatoms. The number of hydrogen-bond acceptors (Lipinski definition) is 4. The van der Waals surface area contributed by atoms with Crippen molar-refractivity contribution in [3.8, 4) is 5.88 Å². The molecule has 0 bridgehead atoms. The first-order chi connectivity index (χ1) is 10.1. The van der Waals surface area contributed by atoms with E-state index in [0.717, 1.165) is 6.20 Å². The normalized spacial score (nSPS) is 12.8. The van der Waals surface area contributed by atoms with Gasteiger partial charge in [0.05, 0.1) is 18.1 Å². The van der Waals surface area contributed by atoms with Gasteiger partial charge in [-0.3, -0.25) is 4.79 Å². The summed E-state index contributed by atoms with van der Waals surface area (Å²) in [6.45, 7) is 3.55. The number of halogens is 3. The van der Waals surface area contributed by atoms with Gasteiger partial charge in [0, 0.05) is 12.3 Å². The molecule has 0 aliphatic heterocycles. The lowest BCUT2D eigenvalue weighted by atomic mass is 10.2. The number of aromatic nitrogens is 1. The average molecular weight is 320 g/mol. The topological polar surface area (TPSA) is 88.5 Å². The number of carbonyl (C=O) groups is 2. The van der Waals surface area contributed by atoms with Crippen LogP contribution < -0.4 is 10.1 Å². The van der Waals surface area contributed by atoms with Crippen LogP contribution in [0.1, 0.15) is 30.6 Å². The van der Waals surface area contributed by atoms with Crippen LogP contribution in [-0.4, -0.2) is 40.3 Å². The van der Waals surface area contributed by atoms with Gasteiger partial charge in [-0.1, -0.05) is 0 Å². The highest BCUT2D eigenvalue weighted by Crippen LogP contribution is 2.22. The molecule has 0 radical (unpaired) electrons. The van der Waals surface area contributed by atoms with Crippen LogP contribution in [0, 0.1) is 0 Å². The van der Waals surface area contributed by atoms with Crippen molar-refractivity contribution < 1.29 is 32.6 Å². The fraction of sp³-hybridized carbons (Fsp3) is 0.462. The van der Waals surface area contributed by atoms with Crippen molar-refractivity contribution in [2.75, 3.05) is 0 Å². The molecule has 0 saturated heterocycles. The highest BCUT2D eigenvalue weighted by molar-refractivity contribution is 5.96. The Morgan fingerprint density at radius 1 is 1.36 bits per heavy atom. The molecule has 122 valence electrons. The summed E-state index contributed by atoms with van der Waals surface area (Å²) in [7, 11) is 0. The molecular weight excluding hydrogens is 305 g/mol. The third-order valence-corrected chi connectivity index (χ3v) is 2.39. The summed E-state index contributed by atoms with van der Waals surface area (Å²) in [5.74, 6) is -2.48. The van der Waals surface area contributed by atoms with Crippen LogP contribution in [0.3, 0.4) is 0 Å². The molecule has 6 nitrogen and oxygen atoms in total. The van der Waals surface area contributed by atoms with Crippen molar-refractivity contribution in [2.45, 2.75) is 38.6 Å². The zero-order valence-electron chi connectivity index (χ0n) is 11.8. The van der Waals surface area contributed by atoms with Crippen molar-refractivity contribution in [2.24, 2.45) is 0 Å². The number of amides is 1. The number of carboxylic acids is 1. The van der Waals surface area contributed by atoms with E-state index in [0.29, 0.717) is 0 Å². The molecule has 1 amide bonds. The molecule has 1 heterocycles. The first-order valence-electron chi connectivity index (χ1n) is 6.31. The molecule has 0 aliphatic carbocycles. The lowest BCUT2D eigenvalue weighted by Crippen LogP contribution is -2.43. The average Bonchev–Trinajstić information content (AvgIpc) is 2.36. The maximum Gasteiger partial charge on any atom is 0.391 e. The van der Waals surface area contributed by atoms with Gasteiger partial charge in [0.25, 0.3) is 5.91 Å². The van der Waals surface area contributed by atoms with Gasteiger partial charge in [0.15, 0.2) is 0 Å². The third kappa shape index (κ3) is 5.98. The van der Waals surface area contributed by atoms with E-state index in [4.69, 9.17) is 9.84 Å². The highest BCUT2D eigenvalue weighted by atomic mass is 19.4. The first kappa shape index (κ1) is 17.7. The molecule has 0 aliphatic rings. The summed E-state index contributed by atoms with van der Waals surface area (Å²) in [4.78, 5) is 26.3. The van der Waals surface area contributed by atoms with Crippen LogP contribution in [-0.2, 0) is 4.79 Å². The summed E-state index contributed by atoms with van der Waals surface area (Å²) in [6, 6.07) is 0.597. The number of ether oxygens (including phenoxy) is 1. The van der Waals surface area contributed by atoms with Gasteiger partial charge in [0.1, 0.15) is 6.04 Å². The molecular formula is C13H15F3N2O4. The molecule has 0 aromatic carbocycles. The summed E-state index contributed by atoms with van der Waals surface area (Å²) in [6.07, 6.45) is -5.39. The Labute approximate surface area is 124 Å². The summed E-state index contributed by atoms with van der Waals surface area (Å²) >= 11 is 0. The van der Waals surface area contributed by atoms with E-state index in [-0.39, 0.29) is 17.5 Å². The summed E-state index contributed by atoms with van der Waals surface area (Å²) < 4.78 is 42.0. The van der Waals surface area contributed by atoms with Gasteiger partial charge in [-0.15, -0.1) is 0 Å². The van der Waals surface area contributed by atoms with Gasteiger partial charge >= 0.3 is 12.1 Å². The number of carboxylic acid groups (broad SMARTS) is 1. The number of hydrogen-bond donors (Lipinski definition) is 2. The highest BCUT2D eigenvalue weighted by Gasteiger charge is 2.36. The van der Waals surface area contributed by atoms with E-state index in [9.17, 15) is 22.8 Å². The molecule has 1 atom stereocenters. The smallest absolute Gasteiger partial charge is 0.391 e. The van der Waals surface area contributed by atoms with Gasteiger partial charge < -0.3 is 15.2 Å². The van der Waals surface area contributed by atoms with Gasteiger partial charge in [0.2, 0.25) is 5.88 Å². The molecule has 2 N–H and O–H groups in total. The standard InChI is InChI=1S/C13H15F3N2O4/c1-7(2)22-10-4-3-8(6-17-10)11(19)18-9(12(20)21)5-13(14,15)16/h3-4,6-7,9H,5H2,1-2H3,(H,18,19)(H,20,21). The van der Waals surface area contributed by atoms with Crippen LogP contribution in [0.25, 0.3) is 0 Å². The van der Waals surface area contributed by atoms with E-state index in [1.54, 1.807) is 13.8 Å². The van der Waals surface area contributed by atoms with E-state index in [1.165, 1.54) is 12.1 Å². The second-order valence-electron chi connectivity index (χ2n) is 4.74. The largest absolute Gasteiger partial charge is 0.480 e. The van der Waals surface area contributed by atoms with E-state index >= 15 is 0 Å². The second-order valence-corrected chi connectivity index (χ2v) is 4.74. The molecule has 0 saturated carbocycles. The van der Waals surface area contributed by atoms with Crippen LogP contribution in [0.4, 0.5) is 13.2 Å². The first-order valence-corrected chi connectivity index (χ1v) is 6.31. The molecule has 22 heavy (non-hydrogen) atoms. The lowest BCUT2D eigenvalue weighted by molar-refractivity contribution is -0.157. The minimum Gasteiger partial charge on any atom is -0.480 e. The molecule has 0 fully saturated rings. The number of alkyl halides is 3. The van der Waals surface area contributed by atoms with Crippen LogP contribution in [0.5, 0.6) is 5.88 Å². The monoisotopic (exact) mass is 320 g/mol. The SMILES string of the molecule is CC(C)Oc1ccc(C(=O)NC(CC(F)(F)F)C(=O)O)cn1. The van der Waals surface area contributed by atoms with Crippen LogP contribution in [0.2, 0.25) is 0 Å². The summed E-state index contributed by atoms with van der Waals surface area (Å²) in [5, 5.41) is 10.5. The van der Waals surface area contributed by atoms with Crippen LogP contribution in [0.15, 0.2) is 18.3 Å². The Bertz CT molecular complexity index is 529. The molecule has 1 aromatic heterocycles. The number of aliphatic carboxylic acids is 1. The van der Waals surface area contributed by atoms with Crippen molar-refractivity contribution in [3.05, 3.63) is 23.9 Å². The number of carbonyl (C=O) groups excluding carboxylic acids is 1. The molecule has 1 unspecified atom stereocenters. The Morgan fingerprint density at radius 2 is 2.00 bits per heavy atom. The lowest BCUT2D eigenvalue weighted by Gasteiger charge is -2.16. The Balaban J connectivity index is 2.75. The zero-order chi connectivity index (χ0) is 16.9. The van der Waals surface area contributed by atoms with E-state index in [2.05, 4.69) is 4.98 Å². The van der Waals surface area contributed by atoms with Crippen molar-refractivity contribution >= 4 is 11.9 Å². The van der Waals surface area contributed by atoms with E-state index in [1.807, 2.05) is 5.32 Å². The number of nitrogens with zero attached hydrogens (tertiary/aromatic N) is 1. The Hall–Kier alpha value is -2.32. The van der Waals surface area contributed by atoms with Crippen molar-refractivity contribution in [3.63, 3.8) is 0 Å². The predicted octanol–water partition coefficient (Wildman–Crippen LogP) is 2.00. The Kier molecular flexibility index (Phi) is 5.72. The van der Waals surface area contributed by atoms with Gasteiger partial charge in [-0.05, 0) is 19.9 Å². The fourth-order valence-corrected chi connectivity index (χ4v) is 1.50. The minimum absolute atomic E-state index is 0.0652. The second kappa shape index (κ2) is 7.10. The molecule has 1 aromatic rings. The minimum atomic E-state index is -4.70. The predicted molar refractivity (Wildman–Crippen MR) is 69.6 cm³/mol. The van der Waals surface area contributed by atoms with E-state index < -0.39 is 30.5 Å². The maximum atomic E-state index is 12.2. The maximum absolute atomic E-state index is 12.2. The quantitative estimate of drug-likeness (QED) is 0.837. The van der Waals surface area contributed by atoms with Crippen molar-refractivity contribution in [1.29, 1.82) is 0 Å². The van der Waals surface area contributed by atoms with Gasteiger partial charge in [-0.2, -0.15) is 13.2 Å². The van der Waals surface area contributed by atoms with Gasteiger partial charge in [-0.25, -0.2) is 9.78 Å². The third-order valence-electron chi connectivity index (χ3n) is 2.39.